The number of benzene rings is 2. The molecule has 104 valence electrons. The third-order valence-electron chi connectivity index (χ3n) is 3.02. The number of ether oxygens (including phenoxy) is 1. The van der Waals surface area contributed by atoms with E-state index in [1.165, 1.54) is 0 Å². The summed E-state index contributed by atoms with van der Waals surface area (Å²) in [5.74, 6) is 0.607. The Hall–Kier alpha value is -2.15. The minimum Gasteiger partial charge on any atom is -0.483 e. The van der Waals surface area contributed by atoms with Gasteiger partial charge in [-0.15, -0.1) is 0 Å². The maximum Gasteiger partial charge on any atom is 0.246 e. The van der Waals surface area contributed by atoms with E-state index >= 15 is 0 Å². The second kappa shape index (κ2) is 5.69. The molecule has 0 bridgehead atoms. The highest BCUT2D eigenvalue weighted by Gasteiger charge is 2.15. The van der Waals surface area contributed by atoms with E-state index in [4.69, 9.17) is 37.6 Å². The molecule has 0 saturated heterocycles. The van der Waals surface area contributed by atoms with Crippen LogP contribution in [0.4, 0.5) is 0 Å². The number of nitrogens with zero attached hydrogens (tertiary/aromatic N) is 1. The summed E-state index contributed by atoms with van der Waals surface area (Å²) >= 11 is 11.8. The summed E-state index contributed by atoms with van der Waals surface area (Å²) in [6.07, 6.45) is 0. The highest BCUT2D eigenvalue weighted by atomic mass is 35.5. The minimum absolute atomic E-state index is 0.163. The van der Waals surface area contributed by atoms with Gasteiger partial charge in [0.25, 0.3) is 0 Å². The van der Waals surface area contributed by atoms with Gasteiger partial charge in [-0.25, -0.2) is 0 Å². The van der Waals surface area contributed by atoms with Gasteiger partial charge in [0.15, 0.2) is 5.75 Å². The van der Waals surface area contributed by atoms with Crippen LogP contribution >= 0.6 is 23.2 Å². The van der Waals surface area contributed by atoms with Gasteiger partial charge >= 0.3 is 0 Å². The fraction of sp³-hybridized carbons (Fsp3) is 0.0625. The van der Waals surface area contributed by atoms with E-state index in [1.54, 1.807) is 18.2 Å². The zero-order valence-electron chi connectivity index (χ0n) is 10.8. The molecule has 0 amide bonds. The molecule has 0 aliphatic rings. The number of furan rings is 1. The second-order valence-electron chi connectivity index (χ2n) is 4.41. The van der Waals surface area contributed by atoms with Crippen LogP contribution in [-0.2, 0) is 6.61 Å². The highest BCUT2D eigenvalue weighted by Crippen LogP contribution is 2.33. The normalized spacial score (nSPS) is 10.5. The predicted octanol–water partition coefficient (Wildman–Crippen LogP) is 5.19. The van der Waals surface area contributed by atoms with Gasteiger partial charge in [0.05, 0.1) is 15.4 Å². The number of halogens is 2. The Kier molecular flexibility index (Phi) is 3.74. The molecule has 0 N–H and O–H groups in total. The Bertz CT molecular complexity index is 849. The summed E-state index contributed by atoms with van der Waals surface area (Å²) in [6.45, 7) is 0.273. The molecule has 0 aliphatic heterocycles. The fourth-order valence-corrected chi connectivity index (χ4v) is 2.34. The van der Waals surface area contributed by atoms with E-state index in [0.717, 1.165) is 10.9 Å². The Labute approximate surface area is 131 Å². The summed E-state index contributed by atoms with van der Waals surface area (Å²) < 4.78 is 11.2. The van der Waals surface area contributed by atoms with E-state index in [1.807, 2.05) is 30.3 Å². The lowest BCUT2D eigenvalue weighted by atomic mass is 10.2. The molecule has 5 heteroatoms. The fourth-order valence-electron chi connectivity index (χ4n) is 2.02. The van der Waals surface area contributed by atoms with Crippen molar-refractivity contribution < 1.29 is 9.15 Å². The van der Waals surface area contributed by atoms with Crippen LogP contribution in [0.5, 0.6) is 5.75 Å². The largest absolute Gasteiger partial charge is 0.483 e. The molecule has 0 unspecified atom stereocenters. The summed E-state index contributed by atoms with van der Waals surface area (Å²) in [4.78, 5) is 0. The minimum atomic E-state index is 0.163. The van der Waals surface area contributed by atoms with Crippen molar-refractivity contribution in [2.24, 2.45) is 0 Å². The lowest BCUT2D eigenvalue weighted by Crippen LogP contribution is -1.96. The van der Waals surface area contributed by atoms with E-state index in [2.05, 4.69) is 0 Å². The zero-order valence-corrected chi connectivity index (χ0v) is 12.3. The van der Waals surface area contributed by atoms with Crippen LogP contribution in [0.1, 0.15) is 11.3 Å². The van der Waals surface area contributed by atoms with E-state index in [-0.39, 0.29) is 12.4 Å². The predicted molar refractivity (Wildman–Crippen MR) is 81.7 cm³/mol. The molecule has 2 aromatic carbocycles. The first-order valence-corrected chi connectivity index (χ1v) is 6.93. The van der Waals surface area contributed by atoms with Crippen LogP contribution in [0.25, 0.3) is 11.0 Å². The first-order valence-electron chi connectivity index (χ1n) is 6.17. The van der Waals surface area contributed by atoms with Crippen LogP contribution in [0.3, 0.4) is 0 Å². The third kappa shape index (κ3) is 2.69. The van der Waals surface area contributed by atoms with Crippen LogP contribution in [-0.4, -0.2) is 0 Å². The van der Waals surface area contributed by atoms with Gasteiger partial charge in [0.2, 0.25) is 5.76 Å². The number of hydrogen-bond donors (Lipinski definition) is 0. The smallest absolute Gasteiger partial charge is 0.246 e. The van der Waals surface area contributed by atoms with Crippen molar-refractivity contribution >= 4 is 34.2 Å². The van der Waals surface area contributed by atoms with Crippen molar-refractivity contribution in [2.75, 3.05) is 0 Å². The first kappa shape index (κ1) is 13.8. The van der Waals surface area contributed by atoms with Gasteiger partial charge in [-0.05, 0) is 29.8 Å². The topological polar surface area (TPSA) is 46.2 Å². The van der Waals surface area contributed by atoms with Crippen molar-refractivity contribution in [2.45, 2.75) is 6.61 Å². The van der Waals surface area contributed by atoms with Crippen LogP contribution < -0.4 is 4.74 Å². The average molecular weight is 318 g/mol. The van der Waals surface area contributed by atoms with Crippen molar-refractivity contribution in [3.63, 3.8) is 0 Å². The van der Waals surface area contributed by atoms with Crippen molar-refractivity contribution in [3.8, 4) is 11.8 Å². The summed E-state index contributed by atoms with van der Waals surface area (Å²) in [7, 11) is 0. The molecular formula is C16H9Cl2NO2. The Balaban J connectivity index is 1.91. The second-order valence-corrected chi connectivity index (χ2v) is 5.22. The van der Waals surface area contributed by atoms with E-state index in [9.17, 15) is 0 Å². The Morgan fingerprint density at radius 3 is 2.67 bits per heavy atom. The van der Waals surface area contributed by atoms with Gasteiger partial charge in [0, 0.05) is 0 Å². The van der Waals surface area contributed by atoms with Crippen molar-refractivity contribution in [1.82, 2.24) is 0 Å². The molecule has 0 aliphatic carbocycles. The molecule has 3 rings (SSSR count). The average Bonchev–Trinajstić information content (AvgIpc) is 2.86. The van der Waals surface area contributed by atoms with Crippen LogP contribution in [0.15, 0.2) is 46.9 Å². The third-order valence-corrected chi connectivity index (χ3v) is 3.76. The Morgan fingerprint density at radius 2 is 1.90 bits per heavy atom. The van der Waals surface area contributed by atoms with Crippen LogP contribution in [0, 0.1) is 11.3 Å². The molecular weight excluding hydrogens is 309 g/mol. The van der Waals surface area contributed by atoms with Crippen molar-refractivity contribution in [1.29, 1.82) is 5.26 Å². The standard InChI is InChI=1S/C16H9Cl2NO2/c17-12-6-5-10(7-13(12)18)9-20-16-11-3-1-2-4-14(11)21-15(16)8-19/h1-7H,9H2. The van der Waals surface area contributed by atoms with Gasteiger partial charge in [-0.2, -0.15) is 5.26 Å². The molecule has 0 fully saturated rings. The Morgan fingerprint density at radius 1 is 1.10 bits per heavy atom. The van der Waals surface area contributed by atoms with E-state index < -0.39 is 0 Å². The summed E-state index contributed by atoms with van der Waals surface area (Å²) in [5, 5.41) is 10.9. The molecule has 0 radical (unpaired) electrons. The maximum atomic E-state index is 9.13. The molecule has 0 saturated carbocycles. The number of nitriles is 1. The van der Waals surface area contributed by atoms with Gasteiger partial charge in [-0.1, -0.05) is 41.4 Å². The molecule has 1 heterocycles. The molecule has 0 atom stereocenters. The molecule has 3 nitrogen and oxygen atoms in total. The van der Waals surface area contributed by atoms with Gasteiger partial charge in [0.1, 0.15) is 18.3 Å². The first-order chi connectivity index (χ1) is 10.2. The van der Waals surface area contributed by atoms with Gasteiger partial charge in [-0.3, -0.25) is 0 Å². The number of fused-ring (bicyclic) bond motifs is 1. The lowest BCUT2D eigenvalue weighted by Gasteiger charge is -2.06. The molecule has 0 spiro atoms. The zero-order chi connectivity index (χ0) is 14.8. The summed E-state index contributed by atoms with van der Waals surface area (Å²) in [6, 6.07) is 14.6. The molecule has 1 aromatic heterocycles. The highest BCUT2D eigenvalue weighted by molar-refractivity contribution is 6.42. The monoisotopic (exact) mass is 317 g/mol. The SMILES string of the molecule is N#Cc1oc2ccccc2c1OCc1ccc(Cl)c(Cl)c1. The molecule has 21 heavy (non-hydrogen) atoms. The number of rotatable bonds is 3. The molecule has 3 aromatic rings. The lowest BCUT2D eigenvalue weighted by molar-refractivity contribution is 0.303. The quantitative estimate of drug-likeness (QED) is 0.667. The van der Waals surface area contributed by atoms with Gasteiger partial charge < -0.3 is 9.15 Å². The number of hydrogen-bond acceptors (Lipinski definition) is 3. The number of para-hydroxylation sites is 1. The maximum absolute atomic E-state index is 9.13. The van der Waals surface area contributed by atoms with E-state index in [0.29, 0.717) is 21.4 Å². The summed E-state index contributed by atoms with van der Waals surface area (Å²) in [5.41, 5.74) is 1.48. The van der Waals surface area contributed by atoms with Crippen LogP contribution in [0.2, 0.25) is 10.0 Å². The van der Waals surface area contributed by atoms with Crippen molar-refractivity contribution in [3.05, 3.63) is 63.8 Å².